The van der Waals surface area contributed by atoms with Gasteiger partial charge in [-0.1, -0.05) is 38.1 Å². The van der Waals surface area contributed by atoms with Crippen molar-refractivity contribution in [3.05, 3.63) is 65.2 Å². The quantitative estimate of drug-likeness (QED) is 0.310. The highest BCUT2D eigenvalue weighted by Gasteiger charge is 2.41. The van der Waals surface area contributed by atoms with Gasteiger partial charge in [-0.05, 0) is 53.8 Å². The van der Waals surface area contributed by atoms with Crippen LogP contribution in [0.5, 0.6) is 11.5 Å². The molecule has 0 fully saturated rings. The van der Waals surface area contributed by atoms with Gasteiger partial charge in [0.05, 0.1) is 17.5 Å². The summed E-state index contributed by atoms with van der Waals surface area (Å²) in [6.45, 7) is 5.11. The monoisotopic (exact) mass is 526 g/mol. The predicted octanol–water partition coefficient (Wildman–Crippen LogP) is 4.28. The summed E-state index contributed by atoms with van der Waals surface area (Å²) in [6, 6.07) is 15.1. The zero-order valence-corrected chi connectivity index (χ0v) is 21.7. The fourth-order valence-corrected chi connectivity index (χ4v) is 5.36. The Morgan fingerprint density at radius 1 is 1.06 bits per heavy atom. The van der Waals surface area contributed by atoms with Gasteiger partial charge in [0.15, 0.2) is 0 Å². The lowest BCUT2D eigenvalue weighted by Crippen LogP contribution is -2.45. The van der Waals surface area contributed by atoms with Crippen LogP contribution in [0.4, 0.5) is 0 Å². The molecule has 1 unspecified atom stereocenters. The summed E-state index contributed by atoms with van der Waals surface area (Å²) >= 11 is 0.759. The number of fused-ring (bicyclic) bond motifs is 1. The van der Waals surface area contributed by atoms with Gasteiger partial charge in [-0.25, -0.2) is 13.3 Å². The van der Waals surface area contributed by atoms with Gasteiger partial charge in [-0.3, -0.25) is 10.2 Å². The Balaban J connectivity index is 1.34. The first-order valence-corrected chi connectivity index (χ1v) is 14.0. The molecule has 11 heteroatoms. The highest BCUT2D eigenvalue weighted by atomic mass is 32.2. The van der Waals surface area contributed by atoms with Crippen LogP contribution >= 0.6 is 11.9 Å². The molecule has 2 aliphatic rings. The highest BCUT2D eigenvalue weighted by molar-refractivity contribution is 8.16. The van der Waals surface area contributed by atoms with Gasteiger partial charge >= 0.3 is 0 Å². The molecule has 0 bridgehead atoms. The van der Waals surface area contributed by atoms with Crippen LogP contribution in [0, 0.1) is 5.41 Å². The number of hydrogen-bond acceptors (Lipinski definition) is 8. The number of nitrogens with zero attached hydrogens (tertiary/aromatic N) is 3. The van der Waals surface area contributed by atoms with Crippen LogP contribution in [-0.4, -0.2) is 54.9 Å². The van der Waals surface area contributed by atoms with Gasteiger partial charge in [0.1, 0.15) is 30.5 Å². The second-order valence-electron chi connectivity index (χ2n) is 8.32. The maximum Gasteiger partial charge on any atom is 0.283 e. The van der Waals surface area contributed by atoms with Crippen LogP contribution in [-0.2, 0) is 14.6 Å². The first-order valence-electron chi connectivity index (χ1n) is 11.3. The molecule has 36 heavy (non-hydrogen) atoms. The zero-order chi connectivity index (χ0) is 25.9. The third-order valence-electron chi connectivity index (χ3n) is 5.70. The van der Waals surface area contributed by atoms with Crippen LogP contribution in [0.3, 0.4) is 0 Å². The lowest BCUT2D eigenvalue weighted by Gasteiger charge is -2.23. The molecule has 2 aromatic carbocycles. The van der Waals surface area contributed by atoms with Crippen molar-refractivity contribution in [1.29, 1.82) is 5.41 Å². The van der Waals surface area contributed by atoms with Gasteiger partial charge in [0.25, 0.3) is 5.91 Å². The average molecular weight is 527 g/mol. The van der Waals surface area contributed by atoms with E-state index in [0.29, 0.717) is 30.4 Å². The number of sulfone groups is 1. The Hall–Kier alpha value is -3.44. The molecule has 0 radical (unpaired) electrons. The van der Waals surface area contributed by atoms with Crippen LogP contribution in [0.2, 0.25) is 0 Å². The molecule has 0 aliphatic carbocycles. The summed E-state index contributed by atoms with van der Waals surface area (Å²) < 4.78 is 39.3. The van der Waals surface area contributed by atoms with E-state index in [1.807, 2.05) is 12.1 Å². The second kappa shape index (κ2) is 10.7. The van der Waals surface area contributed by atoms with Crippen molar-refractivity contribution in [2.75, 3.05) is 19.5 Å². The van der Waals surface area contributed by atoms with Gasteiger partial charge in [-0.15, -0.1) is 0 Å². The number of ether oxygens (including phenoxy) is 2. The SMILES string of the molecule is CCC(C)c1ccc(OCCOc2ccc(/C=C3/C(=N)N4C(=NC3=O)SN=C4S(C)(=O)=O)cc2)cc1. The minimum atomic E-state index is -3.69. The third-order valence-corrected chi connectivity index (χ3v) is 7.45. The highest BCUT2D eigenvalue weighted by Crippen LogP contribution is 2.30. The first-order chi connectivity index (χ1) is 17.2. The number of benzene rings is 2. The Morgan fingerprint density at radius 3 is 2.19 bits per heavy atom. The average Bonchev–Trinajstić information content (AvgIpc) is 3.30. The predicted molar refractivity (Wildman–Crippen MR) is 142 cm³/mol. The largest absolute Gasteiger partial charge is 0.490 e. The molecule has 2 aromatic rings. The van der Waals surface area contributed by atoms with Crippen molar-refractivity contribution in [3.8, 4) is 11.5 Å². The van der Waals surface area contributed by atoms with Gasteiger partial charge in [0.2, 0.25) is 20.2 Å². The van der Waals surface area contributed by atoms with E-state index in [1.54, 1.807) is 24.3 Å². The van der Waals surface area contributed by atoms with Crippen molar-refractivity contribution in [3.63, 3.8) is 0 Å². The smallest absolute Gasteiger partial charge is 0.283 e. The molecular weight excluding hydrogens is 500 g/mol. The number of amides is 1. The molecule has 1 atom stereocenters. The Kier molecular flexibility index (Phi) is 7.60. The standard InChI is InChI=1S/C25H26N4O5S2/c1-4-16(2)18-7-11-20(12-8-18)34-14-13-33-19-9-5-17(6-10-19)15-21-22(26)29-24(27-23(21)30)35-28-25(29)36(3,31)32/h5-12,15-16,26H,4,13-14H2,1-3H3/b21-15-,26-22?. The van der Waals surface area contributed by atoms with Crippen molar-refractivity contribution < 1.29 is 22.7 Å². The number of aliphatic imine (C=N–C) groups is 1. The summed E-state index contributed by atoms with van der Waals surface area (Å²) in [5.41, 5.74) is 1.90. The number of rotatable bonds is 8. The van der Waals surface area contributed by atoms with E-state index in [4.69, 9.17) is 14.9 Å². The first kappa shape index (κ1) is 25.6. The Morgan fingerprint density at radius 2 is 1.64 bits per heavy atom. The van der Waals surface area contributed by atoms with Crippen LogP contribution in [0.25, 0.3) is 6.08 Å². The van der Waals surface area contributed by atoms with Crippen LogP contribution in [0.15, 0.2) is 63.5 Å². The van der Waals surface area contributed by atoms with E-state index in [9.17, 15) is 13.2 Å². The molecule has 0 spiro atoms. The maximum absolute atomic E-state index is 12.5. The Bertz CT molecular complexity index is 1360. The van der Waals surface area contributed by atoms with E-state index >= 15 is 0 Å². The van der Waals surface area contributed by atoms with E-state index < -0.39 is 15.7 Å². The number of nitrogens with one attached hydrogen (secondary N) is 1. The van der Waals surface area contributed by atoms with E-state index in [0.717, 1.165) is 35.3 Å². The lowest BCUT2D eigenvalue weighted by molar-refractivity contribution is -0.114. The maximum atomic E-state index is 12.5. The molecule has 0 saturated heterocycles. The fourth-order valence-electron chi connectivity index (χ4n) is 3.51. The van der Waals surface area contributed by atoms with Crippen molar-refractivity contribution in [2.45, 2.75) is 26.2 Å². The summed E-state index contributed by atoms with van der Waals surface area (Å²) in [6.07, 6.45) is 3.58. The summed E-state index contributed by atoms with van der Waals surface area (Å²) in [7, 11) is -3.69. The summed E-state index contributed by atoms with van der Waals surface area (Å²) in [5, 5.41) is 8.13. The van der Waals surface area contributed by atoms with Crippen molar-refractivity contribution in [1.82, 2.24) is 4.90 Å². The number of carbonyl (C=O) groups excluding carboxylic acids is 1. The molecule has 4 rings (SSSR count). The summed E-state index contributed by atoms with van der Waals surface area (Å²) in [5.74, 6) is 1.03. The van der Waals surface area contributed by atoms with E-state index in [2.05, 4.69) is 35.4 Å². The molecule has 9 nitrogen and oxygen atoms in total. The fraction of sp³-hybridized carbons (Fsp3) is 0.280. The normalized spacial score (nSPS) is 17.5. The zero-order valence-electron chi connectivity index (χ0n) is 20.1. The molecule has 2 aliphatic heterocycles. The lowest BCUT2D eigenvalue weighted by atomic mass is 9.99. The molecule has 188 valence electrons. The Labute approximate surface area is 214 Å². The van der Waals surface area contributed by atoms with Crippen LogP contribution < -0.4 is 9.47 Å². The number of carbonyl (C=O) groups is 1. The van der Waals surface area contributed by atoms with Crippen molar-refractivity contribution in [2.24, 2.45) is 9.39 Å². The van der Waals surface area contributed by atoms with Crippen molar-refractivity contribution >= 4 is 49.9 Å². The van der Waals surface area contributed by atoms with E-state index in [1.165, 1.54) is 11.6 Å². The number of hydrogen-bond donors (Lipinski definition) is 1. The minimum Gasteiger partial charge on any atom is -0.490 e. The van der Waals surface area contributed by atoms with Gasteiger partial charge in [0, 0.05) is 6.26 Å². The topological polar surface area (TPSA) is 121 Å². The molecule has 2 heterocycles. The molecule has 0 saturated carbocycles. The third kappa shape index (κ3) is 5.68. The van der Waals surface area contributed by atoms with Gasteiger partial charge < -0.3 is 9.47 Å². The summed E-state index contributed by atoms with van der Waals surface area (Å²) in [4.78, 5) is 17.4. The minimum absolute atomic E-state index is 0.0287. The molecule has 0 aromatic heterocycles. The second-order valence-corrected chi connectivity index (χ2v) is 11.0. The number of amidine groups is 3. The molecule has 1 amide bonds. The molecule has 1 N–H and O–H groups in total. The van der Waals surface area contributed by atoms with Gasteiger partial charge in [-0.2, -0.15) is 9.39 Å². The van der Waals surface area contributed by atoms with E-state index in [-0.39, 0.29) is 21.7 Å². The van der Waals surface area contributed by atoms with Crippen LogP contribution in [0.1, 0.15) is 37.3 Å². The molecular formula is C25H26N4O5S2.